The fourth-order valence-corrected chi connectivity index (χ4v) is 2.86. The van der Waals surface area contributed by atoms with Gasteiger partial charge in [-0.2, -0.15) is 0 Å². The van der Waals surface area contributed by atoms with E-state index in [1.807, 2.05) is 0 Å². The van der Waals surface area contributed by atoms with Gasteiger partial charge in [-0.25, -0.2) is 0 Å². The van der Waals surface area contributed by atoms with E-state index in [2.05, 4.69) is 42.6 Å². The SMILES string of the molecule is CC1CCCCC1CNCCc1ccccc1. The molecule has 1 aromatic carbocycles. The van der Waals surface area contributed by atoms with Crippen LogP contribution in [0.4, 0.5) is 0 Å². The minimum absolute atomic E-state index is 0.916. The van der Waals surface area contributed by atoms with Crippen LogP contribution in [0, 0.1) is 11.8 Å². The van der Waals surface area contributed by atoms with E-state index < -0.39 is 0 Å². The van der Waals surface area contributed by atoms with Crippen molar-refractivity contribution in [2.45, 2.75) is 39.0 Å². The molecule has 1 fully saturated rings. The molecular weight excluding hydrogens is 206 g/mol. The van der Waals surface area contributed by atoms with Gasteiger partial charge in [-0.3, -0.25) is 0 Å². The predicted octanol–water partition coefficient (Wildman–Crippen LogP) is 3.65. The molecule has 0 spiro atoms. The van der Waals surface area contributed by atoms with E-state index in [-0.39, 0.29) is 0 Å². The Morgan fingerprint density at radius 2 is 1.88 bits per heavy atom. The molecule has 0 aliphatic heterocycles. The van der Waals surface area contributed by atoms with Gasteiger partial charge in [0.15, 0.2) is 0 Å². The molecule has 2 atom stereocenters. The molecule has 0 heterocycles. The van der Waals surface area contributed by atoms with Gasteiger partial charge in [-0.05, 0) is 43.3 Å². The molecule has 0 bridgehead atoms. The lowest BCUT2D eigenvalue weighted by atomic mass is 9.80. The summed E-state index contributed by atoms with van der Waals surface area (Å²) in [6, 6.07) is 10.8. The van der Waals surface area contributed by atoms with Gasteiger partial charge in [0.05, 0.1) is 0 Å². The Labute approximate surface area is 106 Å². The number of hydrogen-bond donors (Lipinski definition) is 1. The Bertz CT molecular complexity index is 307. The van der Waals surface area contributed by atoms with E-state index in [0.29, 0.717) is 0 Å². The number of benzene rings is 1. The van der Waals surface area contributed by atoms with Crippen LogP contribution in [0.2, 0.25) is 0 Å². The zero-order chi connectivity index (χ0) is 11.9. The summed E-state index contributed by atoms with van der Waals surface area (Å²) in [6.45, 7) is 4.75. The minimum atomic E-state index is 0.916. The molecule has 0 amide bonds. The summed E-state index contributed by atoms with van der Waals surface area (Å²) >= 11 is 0. The Morgan fingerprint density at radius 1 is 1.12 bits per heavy atom. The summed E-state index contributed by atoms with van der Waals surface area (Å²) in [7, 11) is 0. The molecule has 0 aromatic heterocycles. The first kappa shape index (κ1) is 12.6. The van der Waals surface area contributed by atoms with E-state index in [4.69, 9.17) is 0 Å². The molecule has 1 saturated carbocycles. The van der Waals surface area contributed by atoms with Crippen LogP contribution in [0.15, 0.2) is 30.3 Å². The maximum Gasteiger partial charge on any atom is -0.000823 e. The fourth-order valence-electron chi connectivity index (χ4n) is 2.86. The third kappa shape index (κ3) is 4.16. The predicted molar refractivity (Wildman–Crippen MR) is 74.1 cm³/mol. The second-order valence-corrected chi connectivity index (χ2v) is 5.46. The topological polar surface area (TPSA) is 12.0 Å². The summed E-state index contributed by atoms with van der Waals surface area (Å²) < 4.78 is 0. The van der Waals surface area contributed by atoms with Gasteiger partial charge in [-0.15, -0.1) is 0 Å². The highest BCUT2D eigenvalue weighted by Gasteiger charge is 2.20. The number of rotatable bonds is 5. The van der Waals surface area contributed by atoms with Crippen LogP contribution < -0.4 is 5.32 Å². The van der Waals surface area contributed by atoms with E-state index >= 15 is 0 Å². The van der Waals surface area contributed by atoms with Crippen molar-refractivity contribution in [1.82, 2.24) is 5.32 Å². The lowest BCUT2D eigenvalue weighted by molar-refractivity contribution is 0.248. The monoisotopic (exact) mass is 231 g/mol. The van der Waals surface area contributed by atoms with Crippen molar-refractivity contribution in [3.05, 3.63) is 35.9 Å². The first-order chi connectivity index (χ1) is 8.36. The average molecular weight is 231 g/mol. The molecule has 17 heavy (non-hydrogen) atoms. The second kappa shape index (κ2) is 6.80. The van der Waals surface area contributed by atoms with Crippen molar-refractivity contribution < 1.29 is 0 Å². The van der Waals surface area contributed by atoms with E-state index in [1.165, 1.54) is 37.8 Å². The lowest BCUT2D eigenvalue weighted by Gasteiger charge is -2.28. The van der Waals surface area contributed by atoms with Gasteiger partial charge in [0.1, 0.15) is 0 Å². The van der Waals surface area contributed by atoms with E-state index in [0.717, 1.165) is 24.8 Å². The van der Waals surface area contributed by atoms with Crippen LogP contribution in [-0.4, -0.2) is 13.1 Å². The van der Waals surface area contributed by atoms with Crippen LogP contribution >= 0.6 is 0 Å². The fraction of sp³-hybridized carbons (Fsp3) is 0.625. The maximum absolute atomic E-state index is 3.63. The zero-order valence-electron chi connectivity index (χ0n) is 11.0. The van der Waals surface area contributed by atoms with E-state index in [1.54, 1.807) is 0 Å². The Balaban J connectivity index is 1.63. The van der Waals surface area contributed by atoms with Crippen molar-refractivity contribution in [1.29, 1.82) is 0 Å². The van der Waals surface area contributed by atoms with Crippen LogP contribution in [0.1, 0.15) is 38.2 Å². The molecule has 1 heteroatoms. The second-order valence-electron chi connectivity index (χ2n) is 5.46. The van der Waals surface area contributed by atoms with Crippen molar-refractivity contribution in [3.8, 4) is 0 Å². The van der Waals surface area contributed by atoms with Gasteiger partial charge in [-0.1, -0.05) is 56.5 Å². The molecule has 1 N–H and O–H groups in total. The molecule has 1 aliphatic rings. The molecule has 0 radical (unpaired) electrons. The highest BCUT2D eigenvalue weighted by atomic mass is 14.9. The summed E-state index contributed by atoms with van der Waals surface area (Å²) in [5.41, 5.74) is 1.44. The van der Waals surface area contributed by atoms with Crippen LogP contribution in [0.5, 0.6) is 0 Å². The molecule has 1 nitrogen and oxygen atoms in total. The van der Waals surface area contributed by atoms with Crippen LogP contribution in [0.25, 0.3) is 0 Å². The highest BCUT2D eigenvalue weighted by Crippen LogP contribution is 2.28. The molecule has 0 saturated heterocycles. The molecular formula is C16H25N. The normalized spacial score (nSPS) is 24.8. The van der Waals surface area contributed by atoms with Gasteiger partial charge >= 0.3 is 0 Å². The van der Waals surface area contributed by atoms with Crippen molar-refractivity contribution in [3.63, 3.8) is 0 Å². The lowest BCUT2D eigenvalue weighted by Crippen LogP contribution is -2.30. The molecule has 1 aromatic rings. The Morgan fingerprint density at radius 3 is 2.65 bits per heavy atom. The van der Waals surface area contributed by atoms with Crippen molar-refractivity contribution >= 4 is 0 Å². The zero-order valence-corrected chi connectivity index (χ0v) is 11.0. The largest absolute Gasteiger partial charge is 0.316 e. The summed E-state index contributed by atoms with van der Waals surface area (Å²) in [6.07, 6.45) is 6.91. The first-order valence-electron chi connectivity index (χ1n) is 7.11. The van der Waals surface area contributed by atoms with Gasteiger partial charge in [0, 0.05) is 0 Å². The van der Waals surface area contributed by atoms with Gasteiger partial charge in [0.2, 0.25) is 0 Å². The smallest absolute Gasteiger partial charge is 0.000823 e. The number of hydrogen-bond acceptors (Lipinski definition) is 1. The van der Waals surface area contributed by atoms with Gasteiger partial charge in [0.25, 0.3) is 0 Å². The summed E-state index contributed by atoms with van der Waals surface area (Å²) in [4.78, 5) is 0. The quantitative estimate of drug-likeness (QED) is 0.763. The maximum atomic E-state index is 3.63. The third-order valence-electron chi connectivity index (χ3n) is 4.13. The molecule has 2 unspecified atom stereocenters. The van der Waals surface area contributed by atoms with Crippen molar-refractivity contribution in [2.75, 3.05) is 13.1 Å². The highest BCUT2D eigenvalue weighted by molar-refractivity contribution is 5.14. The van der Waals surface area contributed by atoms with Crippen molar-refractivity contribution in [2.24, 2.45) is 11.8 Å². The van der Waals surface area contributed by atoms with Crippen LogP contribution in [-0.2, 0) is 6.42 Å². The summed E-state index contributed by atoms with van der Waals surface area (Å²) in [5, 5.41) is 3.63. The third-order valence-corrected chi connectivity index (χ3v) is 4.13. The van der Waals surface area contributed by atoms with Crippen LogP contribution in [0.3, 0.4) is 0 Å². The van der Waals surface area contributed by atoms with E-state index in [9.17, 15) is 0 Å². The first-order valence-corrected chi connectivity index (χ1v) is 7.11. The molecule has 94 valence electrons. The number of nitrogens with one attached hydrogen (secondary N) is 1. The molecule has 2 rings (SSSR count). The summed E-state index contributed by atoms with van der Waals surface area (Å²) in [5.74, 6) is 1.84. The standard InChI is InChI=1S/C16H25N/c1-14-7-5-6-10-16(14)13-17-12-11-15-8-3-2-4-9-15/h2-4,8-9,14,16-17H,5-7,10-13H2,1H3. The Hall–Kier alpha value is -0.820. The average Bonchev–Trinajstić information content (AvgIpc) is 2.38. The minimum Gasteiger partial charge on any atom is -0.316 e. The van der Waals surface area contributed by atoms with Gasteiger partial charge < -0.3 is 5.32 Å². The Kier molecular flexibility index (Phi) is 5.06. The molecule has 1 aliphatic carbocycles.